The molecule has 9 heteroatoms. The first-order valence-electron chi connectivity index (χ1n) is 10.8. The Morgan fingerprint density at radius 1 is 1.15 bits per heavy atom. The highest BCUT2D eigenvalue weighted by atomic mass is 35.5. The highest BCUT2D eigenvalue weighted by Gasteiger charge is 2.17. The smallest absolute Gasteiger partial charge is 0.306 e. The van der Waals surface area contributed by atoms with Crippen molar-refractivity contribution in [1.82, 2.24) is 14.5 Å². The van der Waals surface area contributed by atoms with E-state index < -0.39 is 5.60 Å². The number of pyridine rings is 1. The summed E-state index contributed by atoms with van der Waals surface area (Å²) in [7, 11) is 1.66. The summed E-state index contributed by atoms with van der Waals surface area (Å²) < 4.78 is 6.78. The van der Waals surface area contributed by atoms with E-state index in [1.165, 1.54) is 4.57 Å². The molecule has 0 aliphatic rings. The van der Waals surface area contributed by atoms with Gasteiger partial charge in [-0.3, -0.25) is 14.2 Å². The van der Waals surface area contributed by atoms with E-state index in [2.05, 4.69) is 15.3 Å². The van der Waals surface area contributed by atoms with Gasteiger partial charge in [-0.15, -0.1) is 0 Å². The van der Waals surface area contributed by atoms with Crippen LogP contribution >= 0.6 is 23.2 Å². The molecule has 176 valence electrons. The van der Waals surface area contributed by atoms with E-state index in [1.54, 1.807) is 37.5 Å². The van der Waals surface area contributed by atoms with Crippen molar-refractivity contribution in [3.8, 4) is 11.1 Å². The summed E-state index contributed by atoms with van der Waals surface area (Å²) in [6, 6.07) is 6.84. The Morgan fingerprint density at radius 3 is 2.52 bits per heavy atom. The Hall–Kier alpha value is -2.64. The summed E-state index contributed by atoms with van der Waals surface area (Å²) in [6.45, 7) is 6.24. The van der Waals surface area contributed by atoms with Crippen molar-refractivity contribution in [3.63, 3.8) is 0 Å². The first kappa shape index (κ1) is 25.0. The van der Waals surface area contributed by atoms with Gasteiger partial charge in [-0.2, -0.15) is 4.98 Å². The Balaban J connectivity index is 1.64. The standard InChI is InChI=1S/C24H28Cl2N4O3/c1-24(2,3)33-19(31)11-6-5-7-12-27-23-28-14-15-13-16(22(32)30(4)21(15)29-23)20-17(25)9-8-10-18(20)26/h8-10,13-14H,5-7,11-12H2,1-4H3,(H,27,28,29). The zero-order valence-electron chi connectivity index (χ0n) is 19.2. The van der Waals surface area contributed by atoms with Gasteiger partial charge in [0.15, 0.2) is 0 Å². The van der Waals surface area contributed by atoms with Crippen LogP contribution in [0.2, 0.25) is 10.0 Å². The topological polar surface area (TPSA) is 86.1 Å². The quantitative estimate of drug-likeness (QED) is 0.325. The van der Waals surface area contributed by atoms with Gasteiger partial charge in [-0.1, -0.05) is 35.7 Å². The predicted octanol–water partition coefficient (Wildman–Crippen LogP) is 5.62. The van der Waals surface area contributed by atoms with E-state index in [1.807, 2.05) is 20.8 Å². The average molecular weight is 491 g/mol. The number of hydrogen-bond acceptors (Lipinski definition) is 6. The summed E-state index contributed by atoms with van der Waals surface area (Å²) in [5.74, 6) is 0.264. The second kappa shape index (κ2) is 10.5. The first-order valence-corrected chi connectivity index (χ1v) is 11.6. The Kier molecular flexibility index (Phi) is 7.97. The second-order valence-electron chi connectivity index (χ2n) is 8.82. The van der Waals surface area contributed by atoms with Gasteiger partial charge in [0, 0.05) is 37.2 Å². The van der Waals surface area contributed by atoms with Gasteiger partial charge in [0.1, 0.15) is 11.2 Å². The number of nitrogens with zero attached hydrogens (tertiary/aromatic N) is 3. The number of hydrogen-bond donors (Lipinski definition) is 1. The summed E-state index contributed by atoms with van der Waals surface area (Å²) >= 11 is 12.6. The van der Waals surface area contributed by atoms with Crippen molar-refractivity contribution in [3.05, 3.63) is 50.9 Å². The minimum Gasteiger partial charge on any atom is -0.460 e. The van der Waals surface area contributed by atoms with E-state index in [-0.39, 0.29) is 11.5 Å². The number of fused-ring (bicyclic) bond motifs is 1. The van der Waals surface area contributed by atoms with Gasteiger partial charge in [0.05, 0.1) is 15.6 Å². The molecular weight excluding hydrogens is 463 g/mol. The highest BCUT2D eigenvalue weighted by Crippen LogP contribution is 2.33. The highest BCUT2D eigenvalue weighted by molar-refractivity contribution is 6.39. The molecule has 0 bridgehead atoms. The molecule has 0 atom stereocenters. The molecule has 3 aromatic rings. The minimum absolute atomic E-state index is 0.174. The molecule has 0 radical (unpaired) electrons. The molecule has 2 heterocycles. The maximum Gasteiger partial charge on any atom is 0.306 e. The van der Waals surface area contributed by atoms with E-state index in [0.29, 0.717) is 51.1 Å². The molecule has 0 aliphatic carbocycles. The number of nitrogens with one attached hydrogen (secondary N) is 1. The Morgan fingerprint density at radius 2 is 1.85 bits per heavy atom. The Bertz CT molecular complexity index is 1200. The number of anilines is 1. The number of esters is 1. The summed E-state index contributed by atoms with van der Waals surface area (Å²) in [5.41, 5.74) is 0.706. The number of carbonyl (C=O) groups excluding carboxylic acids is 1. The third-order valence-electron chi connectivity index (χ3n) is 4.94. The summed E-state index contributed by atoms with van der Waals surface area (Å²) in [5, 5.41) is 4.69. The number of benzene rings is 1. The molecular formula is C24H28Cl2N4O3. The van der Waals surface area contributed by atoms with Crippen LogP contribution in [0.15, 0.2) is 35.3 Å². The third-order valence-corrected chi connectivity index (χ3v) is 5.57. The molecule has 33 heavy (non-hydrogen) atoms. The van der Waals surface area contributed by atoms with Gasteiger partial charge < -0.3 is 10.1 Å². The average Bonchev–Trinajstić information content (AvgIpc) is 2.73. The lowest BCUT2D eigenvalue weighted by Gasteiger charge is -2.19. The minimum atomic E-state index is -0.452. The summed E-state index contributed by atoms with van der Waals surface area (Å²) in [6.07, 6.45) is 4.56. The fraction of sp³-hybridized carbons (Fsp3) is 0.417. The van der Waals surface area contributed by atoms with Crippen molar-refractivity contribution in [2.75, 3.05) is 11.9 Å². The summed E-state index contributed by atoms with van der Waals surface area (Å²) in [4.78, 5) is 33.6. The molecule has 0 spiro atoms. The van der Waals surface area contributed by atoms with Gasteiger partial charge >= 0.3 is 5.97 Å². The number of rotatable bonds is 8. The molecule has 3 rings (SSSR count). The van der Waals surface area contributed by atoms with Crippen LogP contribution in [0.4, 0.5) is 5.95 Å². The fourth-order valence-electron chi connectivity index (χ4n) is 3.43. The van der Waals surface area contributed by atoms with Gasteiger partial charge in [-0.25, -0.2) is 4.98 Å². The number of carbonyl (C=O) groups is 1. The number of unbranched alkanes of at least 4 members (excludes halogenated alkanes) is 2. The molecule has 0 unspecified atom stereocenters. The van der Waals surface area contributed by atoms with Crippen LogP contribution in [-0.4, -0.2) is 32.7 Å². The van der Waals surface area contributed by atoms with E-state index in [0.717, 1.165) is 19.3 Å². The molecule has 0 saturated heterocycles. The first-order chi connectivity index (χ1) is 15.6. The van der Waals surface area contributed by atoms with Crippen LogP contribution in [0.1, 0.15) is 46.5 Å². The van der Waals surface area contributed by atoms with Crippen LogP contribution < -0.4 is 10.9 Å². The number of aryl methyl sites for hydroxylation is 1. The maximum atomic E-state index is 13.0. The van der Waals surface area contributed by atoms with Crippen LogP contribution in [-0.2, 0) is 16.6 Å². The van der Waals surface area contributed by atoms with Gasteiger partial charge in [0.2, 0.25) is 5.95 Å². The molecule has 1 aromatic carbocycles. The zero-order valence-corrected chi connectivity index (χ0v) is 20.8. The predicted molar refractivity (Wildman–Crippen MR) is 133 cm³/mol. The molecule has 0 saturated carbocycles. The normalized spacial score (nSPS) is 11.6. The molecule has 1 N–H and O–H groups in total. The van der Waals surface area contributed by atoms with E-state index in [4.69, 9.17) is 27.9 Å². The van der Waals surface area contributed by atoms with Crippen molar-refractivity contribution >= 4 is 46.2 Å². The van der Waals surface area contributed by atoms with Gasteiger partial charge in [0.25, 0.3) is 5.56 Å². The number of ether oxygens (including phenoxy) is 1. The zero-order chi connectivity index (χ0) is 24.2. The molecule has 0 fully saturated rings. The van der Waals surface area contributed by atoms with Gasteiger partial charge in [-0.05, 0) is 51.8 Å². The number of aromatic nitrogens is 3. The van der Waals surface area contributed by atoms with Crippen LogP contribution in [0, 0.1) is 0 Å². The lowest BCUT2D eigenvalue weighted by molar-refractivity contribution is -0.154. The second-order valence-corrected chi connectivity index (χ2v) is 9.63. The van der Waals surface area contributed by atoms with Crippen molar-refractivity contribution in [1.29, 1.82) is 0 Å². The Labute approximate surface area is 203 Å². The van der Waals surface area contributed by atoms with E-state index in [9.17, 15) is 9.59 Å². The van der Waals surface area contributed by atoms with E-state index >= 15 is 0 Å². The fourth-order valence-corrected chi connectivity index (χ4v) is 4.03. The monoisotopic (exact) mass is 490 g/mol. The van der Waals surface area contributed by atoms with Crippen molar-refractivity contribution < 1.29 is 9.53 Å². The molecule has 2 aromatic heterocycles. The van der Waals surface area contributed by atoms with Crippen LogP contribution in [0.3, 0.4) is 0 Å². The van der Waals surface area contributed by atoms with Crippen molar-refractivity contribution in [2.24, 2.45) is 7.05 Å². The third kappa shape index (κ3) is 6.45. The van der Waals surface area contributed by atoms with Crippen LogP contribution in [0.25, 0.3) is 22.2 Å². The lowest BCUT2D eigenvalue weighted by atomic mass is 10.1. The number of halogens is 2. The largest absolute Gasteiger partial charge is 0.460 e. The van der Waals surface area contributed by atoms with Crippen molar-refractivity contribution in [2.45, 2.75) is 52.1 Å². The van der Waals surface area contributed by atoms with Crippen LogP contribution in [0.5, 0.6) is 0 Å². The lowest BCUT2D eigenvalue weighted by Crippen LogP contribution is -2.23. The molecule has 0 amide bonds. The molecule has 7 nitrogen and oxygen atoms in total. The SMILES string of the molecule is Cn1c(=O)c(-c2c(Cl)cccc2Cl)cc2cnc(NCCCCCC(=O)OC(C)(C)C)nc21. The molecule has 0 aliphatic heterocycles. The maximum absolute atomic E-state index is 13.0.